The van der Waals surface area contributed by atoms with Crippen molar-refractivity contribution in [1.82, 2.24) is 14.9 Å². The van der Waals surface area contributed by atoms with Gasteiger partial charge in [0.2, 0.25) is 0 Å². The molecule has 0 unspecified atom stereocenters. The number of fused-ring (bicyclic) bond motifs is 1. The van der Waals surface area contributed by atoms with Gasteiger partial charge in [-0.25, -0.2) is 4.98 Å². The molecule has 2 aromatic heterocycles. The number of aromatic amines is 1. The Kier molecular flexibility index (Phi) is 12.3. The smallest absolute Gasteiger partial charge is 0.138 e. The van der Waals surface area contributed by atoms with E-state index in [4.69, 9.17) is 14.2 Å². The van der Waals surface area contributed by atoms with Crippen LogP contribution in [0, 0.1) is 11.3 Å². The minimum absolute atomic E-state index is 0.0896. The molecule has 5 aromatic rings. The Bertz CT molecular complexity index is 1700. The van der Waals surface area contributed by atoms with Crippen molar-refractivity contribution >= 4 is 23.7 Å². The monoisotopic (exact) mass is 634 g/mol. The molecule has 2 aliphatic rings. The lowest BCUT2D eigenvalue weighted by Crippen LogP contribution is -2.35. The quantitative estimate of drug-likeness (QED) is 0.183. The number of rotatable bonds is 6. The van der Waals surface area contributed by atoms with Gasteiger partial charge < -0.3 is 19.2 Å². The van der Waals surface area contributed by atoms with Crippen molar-refractivity contribution in [2.45, 2.75) is 44.2 Å². The molecule has 0 amide bonds. The number of aromatic nitrogens is 2. The predicted octanol–water partition coefficient (Wildman–Crippen LogP) is 8.16. The number of thiol groups is 1. The maximum atomic E-state index is 9.83. The van der Waals surface area contributed by atoms with Crippen LogP contribution in [0.15, 0.2) is 96.0 Å². The number of nitrogens with one attached hydrogen (secondary N) is 1. The van der Waals surface area contributed by atoms with Crippen molar-refractivity contribution in [3.63, 3.8) is 0 Å². The molecule has 0 spiro atoms. The molecule has 46 heavy (non-hydrogen) atoms. The normalized spacial score (nSPS) is 15.2. The van der Waals surface area contributed by atoms with E-state index in [1.54, 1.807) is 0 Å². The largest absolute Gasteiger partial charge is 0.489 e. The zero-order valence-electron chi connectivity index (χ0n) is 26.6. The molecule has 2 aliphatic heterocycles. The molecule has 0 bridgehead atoms. The fourth-order valence-corrected chi connectivity index (χ4v) is 5.70. The van der Waals surface area contributed by atoms with Gasteiger partial charge in [-0.3, -0.25) is 4.90 Å². The van der Waals surface area contributed by atoms with Crippen molar-refractivity contribution in [3.8, 4) is 34.2 Å². The van der Waals surface area contributed by atoms with Gasteiger partial charge in [0.05, 0.1) is 32.0 Å². The molecule has 0 saturated carbocycles. The molecule has 0 atom stereocenters. The van der Waals surface area contributed by atoms with Gasteiger partial charge in [0.25, 0.3) is 0 Å². The number of H-pyrrole nitrogens is 1. The SMILES string of the molecule is CC.N#Cc1cc(-c2ccnc3[nH]c(-c4ccc(CN5CCOCC5)cc4)cc23)ccc1OC1CCOCC1.Sc1ccccc1. The van der Waals surface area contributed by atoms with Crippen molar-refractivity contribution in [3.05, 3.63) is 102 Å². The van der Waals surface area contributed by atoms with E-state index < -0.39 is 0 Å². The molecule has 238 valence electrons. The Balaban J connectivity index is 0.000000406. The highest BCUT2D eigenvalue weighted by Gasteiger charge is 2.18. The first-order valence-electron chi connectivity index (χ1n) is 16.1. The van der Waals surface area contributed by atoms with Crippen LogP contribution in [0.25, 0.3) is 33.4 Å². The van der Waals surface area contributed by atoms with E-state index in [2.05, 4.69) is 63.9 Å². The van der Waals surface area contributed by atoms with Gasteiger partial charge in [-0.05, 0) is 58.7 Å². The van der Waals surface area contributed by atoms with E-state index in [1.807, 2.05) is 74.6 Å². The summed E-state index contributed by atoms with van der Waals surface area (Å²) in [6.07, 6.45) is 3.59. The molecule has 4 heterocycles. The topological polar surface area (TPSA) is 83.4 Å². The molecule has 0 radical (unpaired) electrons. The van der Waals surface area contributed by atoms with Gasteiger partial charge >= 0.3 is 0 Å². The molecule has 3 aromatic carbocycles. The number of benzene rings is 3. The van der Waals surface area contributed by atoms with E-state index in [-0.39, 0.29) is 6.10 Å². The average Bonchev–Trinajstić information content (AvgIpc) is 3.56. The summed E-state index contributed by atoms with van der Waals surface area (Å²) in [5.74, 6) is 0.635. The van der Waals surface area contributed by atoms with Crippen molar-refractivity contribution < 1.29 is 14.2 Å². The lowest BCUT2D eigenvalue weighted by Gasteiger charge is -2.26. The van der Waals surface area contributed by atoms with Gasteiger partial charge in [0.1, 0.15) is 23.6 Å². The lowest BCUT2D eigenvalue weighted by molar-refractivity contribution is 0.0254. The van der Waals surface area contributed by atoms with Gasteiger partial charge in [0.15, 0.2) is 0 Å². The van der Waals surface area contributed by atoms with Crippen LogP contribution in [0.2, 0.25) is 0 Å². The Hall–Kier alpha value is -4.13. The molecule has 1 N–H and O–H groups in total. The number of pyridine rings is 1. The third-order valence-electron chi connectivity index (χ3n) is 7.94. The van der Waals surface area contributed by atoms with Crippen LogP contribution >= 0.6 is 12.6 Å². The molecule has 7 nitrogen and oxygen atoms in total. The van der Waals surface area contributed by atoms with Gasteiger partial charge in [-0.2, -0.15) is 5.26 Å². The molecule has 2 fully saturated rings. The third-order valence-corrected chi connectivity index (χ3v) is 8.23. The fraction of sp³-hybridized carbons (Fsp3) is 0.316. The van der Waals surface area contributed by atoms with E-state index in [9.17, 15) is 5.26 Å². The fourth-order valence-electron chi connectivity index (χ4n) is 5.53. The highest BCUT2D eigenvalue weighted by Crippen LogP contribution is 2.34. The van der Waals surface area contributed by atoms with Crippen molar-refractivity contribution in [1.29, 1.82) is 5.26 Å². The molecule has 2 saturated heterocycles. The number of hydrogen-bond acceptors (Lipinski definition) is 7. The van der Waals surface area contributed by atoms with Crippen LogP contribution in [0.3, 0.4) is 0 Å². The van der Waals surface area contributed by atoms with Crippen molar-refractivity contribution in [2.24, 2.45) is 0 Å². The van der Waals surface area contributed by atoms with Crippen LogP contribution in [0.1, 0.15) is 37.8 Å². The second-order valence-electron chi connectivity index (χ2n) is 11.0. The first-order chi connectivity index (χ1) is 22.7. The second-order valence-corrected chi connectivity index (χ2v) is 11.5. The maximum Gasteiger partial charge on any atom is 0.138 e. The summed E-state index contributed by atoms with van der Waals surface area (Å²) < 4.78 is 17.0. The van der Waals surface area contributed by atoms with E-state index in [1.165, 1.54) is 5.56 Å². The van der Waals surface area contributed by atoms with E-state index >= 15 is 0 Å². The summed E-state index contributed by atoms with van der Waals surface area (Å²) in [5, 5.41) is 10.9. The van der Waals surface area contributed by atoms with E-state index in [0.29, 0.717) is 24.5 Å². The van der Waals surface area contributed by atoms with Crippen LogP contribution in [0.5, 0.6) is 5.75 Å². The summed E-state index contributed by atoms with van der Waals surface area (Å²) in [7, 11) is 0. The number of hydrogen-bond donors (Lipinski definition) is 2. The van der Waals surface area contributed by atoms with Crippen LogP contribution in [0.4, 0.5) is 0 Å². The zero-order valence-corrected chi connectivity index (χ0v) is 27.5. The Morgan fingerprint density at radius 3 is 2.26 bits per heavy atom. The minimum Gasteiger partial charge on any atom is -0.489 e. The average molecular weight is 635 g/mol. The molecule has 0 aliphatic carbocycles. The van der Waals surface area contributed by atoms with Crippen LogP contribution < -0.4 is 4.74 Å². The Morgan fingerprint density at radius 2 is 1.59 bits per heavy atom. The third kappa shape index (κ3) is 8.77. The van der Waals surface area contributed by atoms with Crippen LogP contribution in [-0.4, -0.2) is 60.5 Å². The molecule has 7 rings (SSSR count). The first-order valence-corrected chi connectivity index (χ1v) is 16.5. The predicted molar refractivity (Wildman–Crippen MR) is 187 cm³/mol. The summed E-state index contributed by atoms with van der Waals surface area (Å²) >= 11 is 4.08. The summed E-state index contributed by atoms with van der Waals surface area (Å²) in [4.78, 5) is 11.5. The number of morpholine rings is 1. The van der Waals surface area contributed by atoms with E-state index in [0.717, 1.165) is 84.0 Å². The number of ether oxygens (including phenoxy) is 3. The standard InChI is InChI=1S/C30H30N4O3.C6H6S.C2H6/c31-19-24-17-23(5-6-29(24)37-25-8-13-35-14-9-25)26-7-10-32-30-27(26)18-28(33-30)22-3-1-21(2-4-22)20-34-11-15-36-16-12-34;7-6-4-2-1-3-5-6;1-2/h1-7,10,17-18,25H,8-9,11-16,20H2,(H,32,33);1-5,7H;1-2H3. The first kappa shape index (κ1) is 33.2. The highest BCUT2D eigenvalue weighted by molar-refractivity contribution is 7.80. The minimum atomic E-state index is 0.0896. The number of nitrogens with zero attached hydrogens (tertiary/aromatic N) is 3. The lowest BCUT2D eigenvalue weighted by atomic mass is 10.0. The highest BCUT2D eigenvalue weighted by atomic mass is 32.1. The Labute approximate surface area is 277 Å². The Morgan fingerprint density at radius 1 is 0.891 bits per heavy atom. The van der Waals surface area contributed by atoms with Gasteiger partial charge in [-0.15, -0.1) is 12.6 Å². The second kappa shape index (κ2) is 17.0. The molecular formula is C38H42N4O3S. The van der Waals surface area contributed by atoms with Crippen molar-refractivity contribution in [2.75, 3.05) is 39.5 Å². The summed E-state index contributed by atoms with van der Waals surface area (Å²) in [6, 6.07) is 30.8. The van der Waals surface area contributed by atoms with Crippen LogP contribution in [-0.2, 0) is 16.0 Å². The maximum absolute atomic E-state index is 9.83. The van der Waals surface area contributed by atoms with Gasteiger partial charge in [-0.1, -0.05) is 62.4 Å². The molecular weight excluding hydrogens is 593 g/mol. The zero-order chi connectivity index (χ0) is 32.1. The number of nitriles is 1. The summed E-state index contributed by atoms with van der Waals surface area (Å²) in [6.45, 7) is 9.92. The van der Waals surface area contributed by atoms with Gasteiger partial charge in [0, 0.05) is 54.6 Å². The molecule has 8 heteroatoms. The summed E-state index contributed by atoms with van der Waals surface area (Å²) in [5.41, 5.74) is 6.81.